The molecule has 0 aliphatic rings. The summed E-state index contributed by atoms with van der Waals surface area (Å²) in [5.74, 6) is 4.43. The van der Waals surface area contributed by atoms with Gasteiger partial charge < -0.3 is 10.3 Å². The zero-order chi connectivity index (χ0) is 14.6. The van der Waals surface area contributed by atoms with Gasteiger partial charge in [-0.2, -0.15) is 13.2 Å². The fourth-order valence-corrected chi connectivity index (χ4v) is 1.63. The van der Waals surface area contributed by atoms with Gasteiger partial charge in [0, 0.05) is 12.1 Å². The predicted molar refractivity (Wildman–Crippen MR) is 64.7 cm³/mol. The minimum atomic E-state index is -4.46. The maximum Gasteiger partial charge on any atom is 0.406 e. The van der Waals surface area contributed by atoms with Gasteiger partial charge in [-0.05, 0) is 19.1 Å². The Morgan fingerprint density at radius 2 is 2.16 bits per heavy atom. The van der Waals surface area contributed by atoms with E-state index in [2.05, 4.69) is 10.4 Å². The molecule has 0 radical (unpaired) electrons. The first-order valence-electron chi connectivity index (χ1n) is 5.27. The van der Waals surface area contributed by atoms with Crippen LogP contribution in [-0.2, 0) is 0 Å². The van der Waals surface area contributed by atoms with Crippen LogP contribution in [0.25, 0.3) is 0 Å². The first-order chi connectivity index (χ1) is 8.76. The summed E-state index contributed by atoms with van der Waals surface area (Å²) in [6, 6.07) is 2.41. The van der Waals surface area contributed by atoms with E-state index < -0.39 is 18.6 Å². The highest BCUT2D eigenvalue weighted by atomic mass is 35.5. The monoisotopic (exact) mass is 296 g/mol. The number of nitrogen functional groups attached to an aromatic ring is 1. The molecule has 0 aliphatic carbocycles. The normalized spacial score (nSPS) is 11.3. The van der Waals surface area contributed by atoms with E-state index >= 15 is 0 Å². The molecule has 5 nitrogen and oxygen atoms in total. The molecule has 1 heterocycles. The summed E-state index contributed by atoms with van der Waals surface area (Å²) in [5, 5.41) is -0.0399. The van der Waals surface area contributed by atoms with Crippen molar-refractivity contribution in [1.29, 1.82) is 0 Å². The van der Waals surface area contributed by atoms with E-state index in [1.807, 2.05) is 0 Å². The molecule has 106 valence electrons. The number of carbonyl (C=O) groups is 1. The lowest BCUT2D eigenvalue weighted by Crippen LogP contribution is -2.38. The van der Waals surface area contributed by atoms with Crippen LogP contribution in [-0.4, -0.2) is 35.1 Å². The summed E-state index contributed by atoms with van der Waals surface area (Å²) in [7, 11) is 0. The van der Waals surface area contributed by atoms with Crippen molar-refractivity contribution in [3.05, 3.63) is 22.8 Å². The summed E-state index contributed by atoms with van der Waals surface area (Å²) in [6.07, 6.45) is -4.46. The van der Waals surface area contributed by atoms with E-state index in [9.17, 15) is 18.0 Å². The Hall–Kier alpha value is -1.54. The number of aromatic nitrogens is 1. The van der Waals surface area contributed by atoms with Crippen LogP contribution in [0.5, 0.6) is 0 Å². The third-order valence-corrected chi connectivity index (χ3v) is 2.42. The Balaban J connectivity index is 3.00. The number of alkyl halides is 3. The summed E-state index contributed by atoms with van der Waals surface area (Å²) >= 11 is 5.65. The number of nitrogens with zero attached hydrogens (tertiary/aromatic N) is 2. The number of hydrogen-bond acceptors (Lipinski definition) is 4. The van der Waals surface area contributed by atoms with E-state index in [0.29, 0.717) is 4.90 Å². The van der Waals surface area contributed by atoms with E-state index in [1.54, 1.807) is 0 Å². The van der Waals surface area contributed by atoms with Gasteiger partial charge >= 0.3 is 6.18 Å². The fraction of sp³-hybridized carbons (Fsp3) is 0.400. The first kappa shape index (κ1) is 15.5. The minimum Gasteiger partial charge on any atom is -0.330 e. The molecule has 3 N–H and O–H groups in total. The van der Waals surface area contributed by atoms with Crippen LogP contribution >= 0.6 is 11.6 Å². The Bertz CT molecular complexity index is 467. The van der Waals surface area contributed by atoms with Crippen molar-refractivity contribution in [2.24, 2.45) is 5.84 Å². The Kier molecular flexibility index (Phi) is 4.96. The lowest BCUT2D eigenvalue weighted by atomic mass is 10.2. The molecule has 0 saturated heterocycles. The third-order valence-electron chi connectivity index (χ3n) is 2.23. The fourth-order valence-electron chi connectivity index (χ4n) is 1.42. The van der Waals surface area contributed by atoms with Gasteiger partial charge in [0.1, 0.15) is 17.5 Å². The van der Waals surface area contributed by atoms with Gasteiger partial charge in [0.15, 0.2) is 0 Å². The lowest BCUT2D eigenvalue weighted by Gasteiger charge is -2.22. The minimum absolute atomic E-state index is 0.0148. The maximum absolute atomic E-state index is 12.3. The molecule has 0 spiro atoms. The predicted octanol–water partition coefficient (Wildman–Crippen LogP) is 2.04. The molecule has 1 aromatic heterocycles. The number of carbonyl (C=O) groups excluding carboxylic acids is 1. The van der Waals surface area contributed by atoms with Crippen molar-refractivity contribution in [3.8, 4) is 0 Å². The lowest BCUT2D eigenvalue weighted by molar-refractivity contribution is -0.140. The van der Waals surface area contributed by atoms with Crippen molar-refractivity contribution in [2.75, 3.05) is 18.5 Å². The van der Waals surface area contributed by atoms with Crippen LogP contribution in [0.3, 0.4) is 0 Å². The second-order valence-electron chi connectivity index (χ2n) is 3.64. The van der Waals surface area contributed by atoms with Crippen LogP contribution in [0, 0.1) is 0 Å². The summed E-state index contributed by atoms with van der Waals surface area (Å²) in [6.45, 7) is 0.0475. The molecule has 1 amide bonds. The van der Waals surface area contributed by atoms with Crippen molar-refractivity contribution in [3.63, 3.8) is 0 Å². The smallest absolute Gasteiger partial charge is 0.330 e. The molecule has 0 saturated carbocycles. The number of nitrogens with two attached hydrogens (primary N) is 1. The number of halogens is 4. The molecular weight excluding hydrogens is 285 g/mol. The highest BCUT2D eigenvalue weighted by molar-refractivity contribution is 6.29. The average Bonchev–Trinajstić information content (AvgIpc) is 2.33. The Morgan fingerprint density at radius 1 is 1.53 bits per heavy atom. The number of hydrazine groups is 1. The molecule has 1 rings (SSSR count). The van der Waals surface area contributed by atoms with Gasteiger partial charge in [0.2, 0.25) is 0 Å². The van der Waals surface area contributed by atoms with E-state index in [-0.39, 0.29) is 23.1 Å². The number of anilines is 1. The standard InChI is InChI=1S/C10H12ClF3N4O/c1-2-18(5-10(12,13)14)9(19)6-3-7(11)16-8(4-6)17-15/h3-4H,2,5,15H2,1H3,(H,16,17). The number of rotatable bonds is 4. The summed E-state index contributed by atoms with van der Waals surface area (Å²) in [4.78, 5) is 16.3. The first-order valence-corrected chi connectivity index (χ1v) is 5.65. The van der Waals surface area contributed by atoms with Crippen LogP contribution < -0.4 is 11.3 Å². The highest BCUT2D eigenvalue weighted by Crippen LogP contribution is 2.20. The zero-order valence-corrected chi connectivity index (χ0v) is 10.7. The topological polar surface area (TPSA) is 71.2 Å². The number of amides is 1. The number of pyridine rings is 1. The quantitative estimate of drug-likeness (QED) is 0.507. The van der Waals surface area contributed by atoms with Gasteiger partial charge in [-0.3, -0.25) is 4.79 Å². The number of nitrogens with one attached hydrogen (secondary N) is 1. The Labute approximate surface area is 112 Å². The second-order valence-corrected chi connectivity index (χ2v) is 4.03. The highest BCUT2D eigenvalue weighted by Gasteiger charge is 2.32. The van der Waals surface area contributed by atoms with Gasteiger partial charge in [0.05, 0.1) is 0 Å². The van der Waals surface area contributed by atoms with Gasteiger partial charge in [0.25, 0.3) is 5.91 Å². The van der Waals surface area contributed by atoms with Crippen molar-refractivity contribution in [1.82, 2.24) is 9.88 Å². The maximum atomic E-state index is 12.3. The SMILES string of the molecule is CCN(CC(F)(F)F)C(=O)c1cc(Cl)nc(NN)c1. The molecule has 0 fully saturated rings. The molecule has 0 atom stereocenters. The van der Waals surface area contributed by atoms with Crippen LogP contribution in [0.15, 0.2) is 12.1 Å². The number of hydrogen-bond donors (Lipinski definition) is 2. The summed E-state index contributed by atoms with van der Waals surface area (Å²) in [5.41, 5.74) is 2.16. The van der Waals surface area contributed by atoms with E-state index in [1.165, 1.54) is 19.1 Å². The van der Waals surface area contributed by atoms with E-state index in [4.69, 9.17) is 17.4 Å². The van der Waals surface area contributed by atoms with Gasteiger partial charge in [-0.25, -0.2) is 10.8 Å². The van der Waals surface area contributed by atoms with Gasteiger partial charge in [-0.1, -0.05) is 11.6 Å². The third kappa shape index (κ3) is 4.56. The van der Waals surface area contributed by atoms with Crippen LogP contribution in [0.1, 0.15) is 17.3 Å². The second kappa shape index (κ2) is 6.07. The molecule has 0 unspecified atom stereocenters. The molecule has 0 aliphatic heterocycles. The molecule has 19 heavy (non-hydrogen) atoms. The van der Waals surface area contributed by atoms with Crippen molar-refractivity contribution in [2.45, 2.75) is 13.1 Å². The zero-order valence-electron chi connectivity index (χ0n) is 9.96. The van der Waals surface area contributed by atoms with Crippen LogP contribution in [0.4, 0.5) is 19.0 Å². The van der Waals surface area contributed by atoms with Crippen molar-refractivity contribution < 1.29 is 18.0 Å². The van der Waals surface area contributed by atoms with Crippen molar-refractivity contribution >= 4 is 23.3 Å². The molecule has 0 aromatic carbocycles. The average molecular weight is 297 g/mol. The van der Waals surface area contributed by atoms with Crippen LogP contribution in [0.2, 0.25) is 5.15 Å². The molecule has 9 heteroatoms. The molecule has 0 bridgehead atoms. The largest absolute Gasteiger partial charge is 0.406 e. The molecular formula is C10H12ClF3N4O. The van der Waals surface area contributed by atoms with E-state index in [0.717, 1.165) is 0 Å². The van der Waals surface area contributed by atoms with Gasteiger partial charge in [-0.15, -0.1) is 0 Å². The molecule has 1 aromatic rings. The Morgan fingerprint density at radius 3 is 2.63 bits per heavy atom. The summed E-state index contributed by atoms with van der Waals surface area (Å²) < 4.78 is 37.0.